The number of aromatic nitrogens is 2. The highest BCUT2D eigenvalue weighted by Crippen LogP contribution is 2.17. The summed E-state index contributed by atoms with van der Waals surface area (Å²) in [6, 6.07) is 0. The largest absolute Gasteiger partial charge is 0.436 e. The van der Waals surface area contributed by atoms with Crippen LogP contribution in [-0.4, -0.2) is 18.0 Å². The van der Waals surface area contributed by atoms with Gasteiger partial charge in [-0.05, 0) is 0 Å². The molecule has 1 aromatic heterocycles. The van der Waals surface area contributed by atoms with Crippen LogP contribution in [0.3, 0.4) is 0 Å². The van der Waals surface area contributed by atoms with Crippen molar-refractivity contribution in [3.8, 4) is 0 Å². The van der Waals surface area contributed by atoms with Gasteiger partial charge in [0.05, 0.1) is 0 Å². The summed E-state index contributed by atoms with van der Waals surface area (Å²) in [4.78, 5) is 0. The van der Waals surface area contributed by atoms with Gasteiger partial charge >= 0.3 is 0 Å². The summed E-state index contributed by atoms with van der Waals surface area (Å²) in [6.07, 6.45) is 0. The molecule has 0 unspecified atom stereocenters. The molecule has 0 atom stereocenters. The standard InChI is InChI=1S/C6H11BN2O/c1-6(2,3)4-8-9-5(7)10-4/h7H2,1-3H3. The Kier molecular flexibility index (Phi) is 1.54. The van der Waals surface area contributed by atoms with Crippen molar-refractivity contribution in [1.29, 1.82) is 0 Å². The summed E-state index contributed by atoms with van der Waals surface area (Å²) in [5.41, 5.74) is -0.0265. The quantitative estimate of drug-likeness (QED) is 0.459. The Bertz CT molecular complexity index is 226. The van der Waals surface area contributed by atoms with E-state index in [2.05, 4.69) is 10.2 Å². The van der Waals surface area contributed by atoms with Crippen LogP contribution in [-0.2, 0) is 5.41 Å². The first-order valence-electron chi connectivity index (χ1n) is 3.31. The van der Waals surface area contributed by atoms with Gasteiger partial charge in [0, 0.05) is 5.41 Å². The van der Waals surface area contributed by atoms with Crippen LogP contribution in [0.15, 0.2) is 4.42 Å². The summed E-state index contributed by atoms with van der Waals surface area (Å²) in [5.74, 6) is 1.33. The number of rotatable bonds is 0. The second-order valence-corrected chi connectivity index (χ2v) is 3.38. The first-order valence-corrected chi connectivity index (χ1v) is 3.31. The van der Waals surface area contributed by atoms with Crippen molar-refractivity contribution in [1.82, 2.24) is 10.2 Å². The van der Waals surface area contributed by atoms with Crippen LogP contribution in [0.2, 0.25) is 0 Å². The second-order valence-electron chi connectivity index (χ2n) is 3.38. The molecule has 0 aromatic carbocycles. The predicted octanol–water partition coefficient (Wildman–Crippen LogP) is -0.375. The fraction of sp³-hybridized carbons (Fsp3) is 0.667. The van der Waals surface area contributed by atoms with E-state index in [0.717, 1.165) is 0 Å². The molecule has 0 bridgehead atoms. The fourth-order valence-electron chi connectivity index (χ4n) is 0.600. The lowest BCUT2D eigenvalue weighted by Gasteiger charge is -2.10. The highest BCUT2D eigenvalue weighted by atomic mass is 16.4. The summed E-state index contributed by atoms with van der Waals surface area (Å²) in [7, 11) is 1.79. The zero-order valence-electron chi connectivity index (χ0n) is 6.80. The molecule has 0 amide bonds. The maximum atomic E-state index is 5.23. The molecule has 0 N–H and O–H groups in total. The SMILES string of the molecule is Bc1nnc(C(C)(C)C)o1. The summed E-state index contributed by atoms with van der Waals surface area (Å²) in [6.45, 7) is 6.12. The molecule has 3 nitrogen and oxygen atoms in total. The maximum absolute atomic E-state index is 5.23. The fourth-order valence-corrected chi connectivity index (χ4v) is 0.600. The van der Waals surface area contributed by atoms with Gasteiger partial charge in [-0.1, -0.05) is 20.8 Å². The van der Waals surface area contributed by atoms with Crippen molar-refractivity contribution in [3.63, 3.8) is 0 Å². The molecule has 1 heterocycles. The Morgan fingerprint density at radius 3 is 2.10 bits per heavy atom. The first-order chi connectivity index (χ1) is 4.50. The van der Waals surface area contributed by atoms with Gasteiger partial charge in [0.15, 0.2) is 5.79 Å². The molecule has 4 heteroatoms. The number of hydrogen-bond donors (Lipinski definition) is 0. The topological polar surface area (TPSA) is 38.9 Å². The highest BCUT2D eigenvalue weighted by Gasteiger charge is 2.19. The van der Waals surface area contributed by atoms with Crippen LogP contribution in [0, 0.1) is 0 Å². The van der Waals surface area contributed by atoms with Gasteiger partial charge in [-0.3, -0.25) is 0 Å². The number of nitrogens with zero attached hydrogens (tertiary/aromatic N) is 2. The van der Waals surface area contributed by atoms with E-state index < -0.39 is 0 Å². The molecule has 0 fully saturated rings. The predicted molar refractivity (Wildman–Crippen MR) is 41.2 cm³/mol. The van der Waals surface area contributed by atoms with E-state index in [0.29, 0.717) is 11.7 Å². The van der Waals surface area contributed by atoms with E-state index in [1.807, 2.05) is 20.8 Å². The second kappa shape index (κ2) is 2.11. The maximum Gasteiger partial charge on any atom is 0.220 e. The van der Waals surface area contributed by atoms with Crippen molar-refractivity contribution in [2.24, 2.45) is 0 Å². The molecule has 0 aliphatic carbocycles. The minimum Gasteiger partial charge on any atom is -0.436 e. The van der Waals surface area contributed by atoms with Crippen LogP contribution >= 0.6 is 0 Å². The van der Waals surface area contributed by atoms with E-state index in [4.69, 9.17) is 4.42 Å². The van der Waals surface area contributed by atoms with E-state index in [1.165, 1.54) is 0 Å². The lowest BCUT2D eigenvalue weighted by atomic mass is 9.97. The minimum absolute atomic E-state index is 0.0265. The molecule has 10 heavy (non-hydrogen) atoms. The Hall–Kier alpha value is -0.795. The van der Waals surface area contributed by atoms with Gasteiger partial charge in [-0.2, -0.15) is 0 Å². The van der Waals surface area contributed by atoms with Crippen LogP contribution in [0.1, 0.15) is 26.7 Å². The van der Waals surface area contributed by atoms with Gasteiger partial charge in [-0.25, -0.2) is 0 Å². The third kappa shape index (κ3) is 1.37. The van der Waals surface area contributed by atoms with Crippen molar-refractivity contribution in [2.75, 3.05) is 0 Å². The van der Waals surface area contributed by atoms with Crippen LogP contribution in [0.5, 0.6) is 0 Å². The minimum atomic E-state index is -0.0265. The summed E-state index contributed by atoms with van der Waals surface area (Å²) < 4.78 is 5.23. The summed E-state index contributed by atoms with van der Waals surface area (Å²) in [5, 5.41) is 7.64. The van der Waals surface area contributed by atoms with Crippen LogP contribution in [0.25, 0.3) is 0 Å². The average molecular weight is 138 g/mol. The van der Waals surface area contributed by atoms with E-state index in [-0.39, 0.29) is 5.41 Å². The van der Waals surface area contributed by atoms with Gasteiger partial charge < -0.3 is 4.42 Å². The molecular weight excluding hydrogens is 127 g/mol. The van der Waals surface area contributed by atoms with Crippen LogP contribution in [0.4, 0.5) is 0 Å². The van der Waals surface area contributed by atoms with E-state index in [1.54, 1.807) is 7.85 Å². The van der Waals surface area contributed by atoms with Crippen LogP contribution < -0.4 is 5.79 Å². The third-order valence-corrected chi connectivity index (χ3v) is 1.17. The molecule has 0 aliphatic heterocycles. The van der Waals surface area contributed by atoms with Crippen molar-refractivity contribution in [2.45, 2.75) is 26.2 Å². The average Bonchev–Trinajstić information content (AvgIpc) is 2.11. The Balaban J connectivity index is 2.96. The lowest BCUT2D eigenvalue weighted by molar-refractivity contribution is 0.406. The molecule has 0 radical (unpaired) electrons. The zero-order chi connectivity index (χ0) is 7.78. The van der Waals surface area contributed by atoms with Gasteiger partial charge in [0.25, 0.3) is 0 Å². The molecule has 0 aliphatic rings. The normalized spacial score (nSPS) is 11.9. The van der Waals surface area contributed by atoms with E-state index in [9.17, 15) is 0 Å². The van der Waals surface area contributed by atoms with Crippen molar-refractivity contribution in [3.05, 3.63) is 5.89 Å². The van der Waals surface area contributed by atoms with Crippen molar-refractivity contribution < 1.29 is 4.42 Å². The molecule has 1 aromatic rings. The Labute approximate surface area is 61.2 Å². The molecule has 54 valence electrons. The van der Waals surface area contributed by atoms with Gasteiger partial charge in [-0.15, -0.1) is 10.2 Å². The first kappa shape index (κ1) is 7.31. The van der Waals surface area contributed by atoms with Gasteiger partial charge in [0.2, 0.25) is 13.7 Å². The summed E-state index contributed by atoms with van der Waals surface area (Å²) >= 11 is 0. The van der Waals surface area contributed by atoms with E-state index >= 15 is 0 Å². The highest BCUT2D eigenvalue weighted by molar-refractivity contribution is 6.27. The smallest absolute Gasteiger partial charge is 0.220 e. The van der Waals surface area contributed by atoms with Crippen molar-refractivity contribution >= 4 is 13.6 Å². The molecule has 0 spiro atoms. The monoisotopic (exact) mass is 138 g/mol. The molecular formula is C6H11BN2O. The zero-order valence-corrected chi connectivity index (χ0v) is 6.80. The molecule has 0 saturated carbocycles. The molecule has 0 saturated heterocycles. The lowest BCUT2D eigenvalue weighted by Crippen LogP contribution is -2.11. The Morgan fingerprint density at radius 1 is 1.30 bits per heavy atom. The molecule has 1 rings (SSSR count). The number of hydrogen-bond acceptors (Lipinski definition) is 3. The third-order valence-electron chi connectivity index (χ3n) is 1.17. The van der Waals surface area contributed by atoms with Gasteiger partial charge in [0.1, 0.15) is 0 Å². The Morgan fingerprint density at radius 2 is 1.90 bits per heavy atom.